The van der Waals surface area contributed by atoms with E-state index in [2.05, 4.69) is 28.1 Å². The van der Waals surface area contributed by atoms with E-state index in [1.807, 2.05) is 0 Å². The molecule has 1 nitrogen and oxygen atoms in total. The zero-order chi connectivity index (χ0) is 11.7. The van der Waals surface area contributed by atoms with Crippen LogP contribution in [-0.2, 0) is 0 Å². The number of ether oxygens (including phenoxy) is 1. The number of hydrogen-bond acceptors (Lipinski definition) is 3. The molecule has 0 aromatic heterocycles. The standard InChI is InChI=1S/C8H9F3OS3/c1-15(13,14)7-5-3-2-4-6(7)12-8(9,10)11/h2-5,13-14H,1H3. The Morgan fingerprint density at radius 3 is 2.20 bits per heavy atom. The summed E-state index contributed by atoms with van der Waals surface area (Å²) in [5, 5.41) is 0. The normalized spacial score (nSPS) is 13.7. The van der Waals surface area contributed by atoms with E-state index < -0.39 is 14.5 Å². The topological polar surface area (TPSA) is 9.23 Å². The summed E-state index contributed by atoms with van der Waals surface area (Å²) >= 11 is 8.33. The number of alkyl halides is 3. The van der Waals surface area contributed by atoms with Crippen LogP contribution in [0.3, 0.4) is 0 Å². The van der Waals surface area contributed by atoms with E-state index in [0.29, 0.717) is 4.90 Å². The van der Waals surface area contributed by atoms with Gasteiger partial charge in [-0.05, 0) is 18.4 Å². The molecule has 86 valence electrons. The monoisotopic (exact) mass is 274 g/mol. The number of para-hydroxylation sites is 1. The zero-order valence-electron chi connectivity index (χ0n) is 7.65. The molecule has 0 fully saturated rings. The Morgan fingerprint density at radius 2 is 1.73 bits per heavy atom. The molecule has 0 heterocycles. The lowest BCUT2D eigenvalue weighted by Gasteiger charge is -2.25. The van der Waals surface area contributed by atoms with Crippen molar-refractivity contribution in [1.82, 2.24) is 0 Å². The minimum Gasteiger partial charge on any atom is -0.405 e. The summed E-state index contributed by atoms with van der Waals surface area (Å²) in [6.07, 6.45) is -3.04. The molecule has 0 aliphatic carbocycles. The van der Waals surface area contributed by atoms with Crippen molar-refractivity contribution in [2.45, 2.75) is 11.3 Å². The molecule has 0 saturated carbocycles. The van der Waals surface area contributed by atoms with Gasteiger partial charge in [-0.1, -0.05) is 12.1 Å². The van der Waals surface area contributed by atoms with Gasteiger partial charge in [-0.25, -0.2) is 0 Å². The van der Waals surface area contributed by atoms with Crippen molar-refractivity contribution in [2.75, 3.05) is 6.26 Å². The summed E-state index contributed by atoms with van der Waals surface area (Å²) < 4.78 is 40.0. The van der Waals surface area contributed by atoms with Crippen LogP contribution in [0, 0.1) is 0 Å². The van der Waals surface area contributed by atoms with Crippen LogP contribution in [0.5, 0.6) is 5.75 Å². The molecule has 0 unspecified atom stereocenters. The first kappa shape index (κ1) is 12.9. The lowest BCUT2D eigenvalue weighted by Crippen LogP contribution is -2.17. The molecule has 0 aliphatic heterocycles. The van der Waals surface area contributed by atoms with Gasteiger partial charge in [-0.2, -0.15) is 0 Å². The van der Waals surface area contributed by atoms with E-state index in [0.717, 1.165) is 0 Å². The third-order valence-electron chi connectivity index (χ3n) is 1.49. The molecule has 1 aromatic rings. The Kier molecular flexibility index (Phi) is 3.78. The average Bonchev–Trinajstić information content (AvgIpc) is 1.99. The highest BCUT2D eigenvalue weighted by molar-refractivity contribution is 9.17. The van der Waals surface area contributed by atoms with Crippen molar-refractivity contribution in [2.24, 2.45) is 0 Å². The minimum atomic E-state index is -4.69. The number of halogens is 3. The van der Waals surface area contributed by atoms with Crippen LogP contribution in [0.15, 0.2) is 29.2 Å². The molecule has 0 radical (unpaired) electrons. The Hall–Kier alpha value is -0.140. The van der Waals surface area contributed by atoms with Crippen molar-refractivity contribution in [1.29, 1.82) is 0 Å². The van der Waals surface area contributed by atoms with Gasteiger partial charge >= 0.3 is 6.36 Å². The molecule has 0 spiro atoms. The van der Waals surface area contributed by atoms with Gasteiger partial charge in [0, 0.05) is 4.90 Å². The maximum Gasteiger partial charge on any atom is 0.573 e. The highest BCUT2D eigenvalue weighted by Crippen LogP contribution is 2.63. The highest BCUT2D eigenvalue weighted by atomic mass is 33.5. The van der Waals surface area contributed by atoms with Gasteiger partial charge in [-0.15, -0.1) is 44.6 Å². The average molecular weight is 274 g/mol. The first-order valence-electron chi connectivity index (χ1n) is 3.78. The molecular formula is C8H9F3OS3. The van der Waals surface area contributed by atoms with Crippen molar-refractivity contribution >= 4 is 31.4 Å². The second-order valence-electron chi connectivity index (χ2n) is 2.83. The molecule has 0 aliphatic rings. The fourth-order valence-corrected chi connectivity index (χ4v) is 2.71. The molecule has 15 heavy (non-hydrogen) atoms. The van der Waals surface area contributed by atoms with Crippen molar-refractivity contribution < 1.29 is 17.9 Å². The van der Waals surface area contributed by atoms with E-state index in [9.17, 15) is 13.2 Å². The first-order valence-corrected chi connectivity index (χ1v) is 7.93. The fraction of sp³-hybridized carbons (Fsp3) is 0.250. The minimum absolute atomic E-state index is 0.243. The molecule has 1 rings (SSSR count). The lowest BCUT2D eigenvalue weighted by atomic mass is 10.3. The molecule has 0 atom stereocenters. The van der Waals surface area contributed by atoms with Gasteiger partial charge in [0.15, 0.2) is 0 Å². The van der Waals surface area contributed by atoms with Gasteiger partial charge in [0.05, 0.1) is 0 Å². The predicted molar refractivity (Wildman–Crippen MR) is 62.9 cm³/mol. The highest BCUT2D eigenvalue weighted by Gasteiger charge is 2.33. The summed E-state index contributed by atoms with van der Waals surface area (Å²) in [6.45, 7) is 0. The van der Waals surface area contributed by atoms with Crippen molar-refractivity contribution in [3.63, 3.8) is 0 Å². The molecule has 7 heteroatoms. The van der Waals surface area contributed by atoms with Gasteiger partial charge in [0.2, 0.25) is 0 Å². The summed E-state index contributed by atoms with van der Waals surface area (Å²) in [7, 11) is -1.84. The quantitative estimate of drug-likeness (QED) is 0.610. The third-order valence-corrected chi connectivity index (χ3v) is 3.84. The molecule has 0 amide bonds. The van der Waals surface area contributed by atoms with Crippen LogP contribution >= 0.6 is 31.4 Å². The number of benzene rings is 1. The fourth-order valence-electron chi connectivity index (χ4n) is 0.979. The van der Waals surface area contributed by atoms with E-state index in [1.165, 1.54) is 18.2 Å². The number of hydrogen-bond donors (Lipinski definition) is 2. The molecular weight excluding hydrogens is 265 g/mol. The Morgan fingerprint density at radius 1 is 1.20 bits per heavy atom. The van der Waals surface area contributed by atoms with Crippen molar-refractivity contribution in [3.05, 3.63) is 24.3 Å². The van der Waals surface area contributed by atoms with Crippen LogP contribution in [0.4, 0.5) is 13.2 Å². The summed E-state index contributed by atoms with van der Waals surface area (Å²) in [6, 6.07) is 5.87. The van der Waals surface area contributed by atoms with Gasteiger partial charge in [0.1, 0.15) is 5.75 Å². The van der Waals surface area contributed by atoms with E-state index in [4.69, 9.17) is 0 Å². The van der Waals surface area contributed by atoms with Crippen LogP contribution < -0.4 is 4.74 Å². The van der Waals surface area contributed by atoms with Crippen LogP contribution in [0.2, 0.25) is 0 Å². The molecule has 0 bridgehead atoms. The number of rotatable bonds is 2. The van der Waals surface area contributed by atoms with E-state index in [-0.39, 0.29) is 5.75 Å². The third kappa shape index (κ3) is 4.08. The van der Waals surface area contributed by atoms with Crippen LogP contribution in [0.1, 0.15) is 0 Å². The SMILES string of the molecule is CS(S)(S)c1ccccc1OC(F)(F)F. The maximum atomic E-state index is 12.0. The van der Waals surface area contributed by atoms with Gasteiger partial charge < -0.3 is 4.74 Å². The van der Waals surface area contributed by atoms with E-state index >= 15 is 0 Å². The predicted octanol–water partition coefficient (Wildman–Crippen LogP) is 4.07. The van der Waals surface area contributed by atoms with Crippen LogP contribution in [-0.4, -0.2) is 12.6 Å². The summed E-state index contributed by atoms with van der Waals surface area (Å²) in [4.78, 5) is 0.356. The smallest absolute Gasteiger partial charge is 0.405 e. The molecule has 1 aromatic carbocycles. The Labute approximate surface area is 96.9 Å². The Balaban J connectivity index is 3.08. The number of thiol groups is 2. The Bertz CT molecular complexity index is 346. The second-order valence-corrected chi connectivity index (χ2v) is 10.2. The maximum absolute atomic E-state index is 12.0. The summed E-state index contributed by atoms with van der Waals surface area (Å²) in [5.74, 6) is -0.243. The lowest BCUT2D eigenvalue weighted by molar-refractivity contribution is -0.275. The van der Waals surface area contributed by atoms with Gasteiger partial charge in [0.25, 0.3) is 0 Å². The molecule has 0 N–H and O–H groups in total. The molecule has 0 saturated heterocycles. The zero-order valence-corrected chi connectivity index (χ0v) is 10.3. The van der Waals surface area contributed by atoms with Crippen LogP contribution in [0.25, 0.3) is 0 Å². The largest absolute Gasteiger partial charge is 0.573 e. The van der Waals surface area contributed by atoms with E-state index in [1.54, 1.807) is 12.3 Å². The van der Waals surface area contributed by atoms with Crippen molar-refractivity contribution in [3.8, 4) is 5.75 Å². The summed E-state index contributed by atoms with van der Waals surface area (Å²) in [5.41, 5.74) is 0. The first-order chi connectivity index (χ1) is 6.70. The van der Waals surface area contributed by atoms with Gasteiger partial charge in [-0.3, -0.25) is 0 Å². The second kappa shape index (κ2) is 4.39.